The number of anilines is 1. The lowest BCUT2D eigenvalue weighted by Crippen LogP contribution is -2.07. The average molecular weight is 275 g/mol. The van der Waals surface area contributed by atoms with Crippen LogP contribution in [0, 0.1) is 0 Å². The van der Waals surface area contributed by atoms with Crippen molar-refractivity contribution in [2.24, 2.45) is 0 Å². The predicted molar refractivity (Wildman–Crippen MR) is 78.0 cm³/mol. The number of unbranched alkanes of at least 4 members (excludes halogenated alkanes) is 1. The number of nitrogens with two attached hydrogens (primary N) is 1. The second-order valence-electron chi connectivity index (χ2n) is 4.67. The third kappa shape index (κ3) is 4.03. The molecule has 0 saturated heterocycles. The Morgan fingerprint density at radius 1 is 1.25 bits per heavy atom. The number of aryl methyl sites for hydroxylation is 1. The van der Waals surface area contributed by atoms with E-state index in [-0.39, 0.29) is 0 Å². The molecule has 0 unspecified atom stereocenters. The quantitative estimate of drug-likeness (QED) is 0.589. The van der Waals surface area contributed by atoms with Crippen molar-refractivity contribution in [3.8, 4) is 11.4 Å². The summed E-state index contributed by atoms with van der Waals surface area (Å²) in [6, 6.07) is 7.58. The van der Waals surface area contributed by atoms with E-state index in [0.29, 0.717) is 5.69 Å². The molecule has 0 amide bonds. The molecule has 20 heavy (non-hydrogen) atoms. The minimum absolute atomic E-state index is 0.708. The minimum atomic E-state index is 0.708. The standard InChI is InChI=1S/C14H21N5O/c1-2-3-9-20-10-5-8-19-14(16-17-18-19)12-6-4-7-13(15)11-12/h4,6-7,11H,2-3,5,8-10,15H2,1H3. The number of hydrogen-bond acceptors (Lipinski definition) is 5. The van der Waals surface area contributed by atoms with Crippen LogP contribution in [0.3, 0.4) is 0 Å². The average Bonchev–Trinajstić information content (AvgIpc) is 2.91. The molecule has 0 aliphatic heterocycles. The van der Waals surface area contributed by atoms with Crippen molar-refractivity contribution in [1.82, 2.24) is 20.2 Å². The summed E-state index contributed by atoms with van der Waals surface area (Å²) in [6.07, 6.45) is 3.16. The largest absolute Gasteiger partial charge is 0.399 e. The van der Waals surface area contributed by atoms with E-state index < -0.39 is 0 Å². The molecule has 0 radical (unpaired) electrons. The summed E-state index contributed by atoms with van der Waals surface area (Å²) < 4.78 is 7.32. The van der Waals surface area contributed by atoms with Crippen molar-refractivity contribution in [3.63, 3.8) is 0 Å². The Morgan fingerprint density at radius 3 is 2.90 bits per heavy atom. The van der Waals surface area contributed by atoms with Gasteiger partial charge < -0.3 is 10.5 Å². The summed E-state index contributed by atoms with van der Waals surface area (Å²) in [7, 11) is 0. The maximum Gasteiger partial charge on any atom is 0.182 e. The van der Waals surface area contributed by atoms with Gasteiger partial charge in [0.25, 0.3) is 0 Å². The molecule has 0 aliphatic rings. The van der Waals surface area contributed by atoms with Gasteiger partial charge in [0.05, 0.1) is 0 Å². The first kappa shape index (κ1) is 14.5. The summed E-state index contributed by atoms with van der Waals surface area (Å²) in [5.74, 6) is 0.742. The maximum atomic E-state index is 5.79. The molecule has 1 aromatic heterocycles. The van der Waals surface area contributed by atoms with Gasteiger partial charge in [0.15, 0.2) is 5.82 Å². The molecule has 0 fully saturated rings. The fraction of sp³-hybridized carbons (Fsp3) is 0.500. The smallest absolute Gasteiger partial charge is 0.182 e. The van der Waals surface area contributed by atoms with Gasteiger partial charge in [-0.2, -0.15) is 0 Å². The Morgan fingerprint density at radius 2 is 2.10 bits per heavy atom. The molecule has 2 aromatic rings. The number of benzene rings is 1. The molecule has 0 spiro atoms. The van der Waals surface area contributed by atoms with Crippen molar-refractivity contribution in [3.05, 3.63) is 24.3 Å². The maximum absolute atomic E-state index is 5.79. The van der Waals surface area contributed by atoms with Crippen molar-refractivity contribution in [1.29, 1.82) is 0 Å². The molecule has 0 atom stereocenters. The van der Waals surface area contributed by atoms with E-state index in [4.69, 9.17) is 10.5 Å². The van der Waals surface area contributed by atoms with E-state index in [2.05, 4.69) is 22.4 Å². The number of ether oxygens (including phenoxy) is 1. The molecule has 2 rings (SSSR count). The van der Waals surface area contributed by atoms with Crippen LogP contribution in [0.1, 0.15) is 26.2 Å². The van der Waals surface area contributed by atoms with E-state index in [1.54, 1.807) is 4.68 Å². The van der Waals surface area contributed by atoms with E-state index in [0.717, 1.165) is 50.4 Å². The topological polar surface area (TPSA) is 78.8 Å². The number of tetrazole rings is 1. The first-order valence-corrected chi connectivity index (χ1v) is 7.01. The highest BCUT2D eigenvalue weighted by Gasteiger charge is 2.08. The van der Waals surface area contributed by atoms with E-state index in [1.807, 2.05) is 24.3 Å². The summed E-state index contributed by atoms with van der Waals surface area (Å²) in [6.45, 7) is 4.45. The SMILES string of the molecule is CCCCOCCCn1nnnc1-c1cccc(N)c1. The summed E-state index contributed by atoms with van der Waals surface area (Å²) in [5, 5.41) is 11.8. The van der Waals surface area contributed by atoms with Crippen molar-refractivity contribution < 1.29 is 4.74 Å². The molecular weight excluding hydrogens is 254 g/mol. The Bertz CT molecular complexity index is 526. The van der Waals surface area contributed by atoms with Gasteiger partial charge in [-0.3, -0.25) is 0 Å². The first-order chi connectivity index (χ1) is 9.81. The van der Waals surface area contributed by atoms with Crippen LogP contribution in [0.15, 0.2) is 24.3 Å². The molecule has 6 heteroatoms. The van der Waals surface area contributed by atoms with Crippen LogP contribution in [-0.2, 0) is 11.3 Å². The molecule has 6 nitrogen and oxygen atoms in total. The third-order valence-corrected chi connectivity index (χ3v) is 2.98. The second-order valence-corrected chi connectivity index (χ2v) is 4.67. The fourth-order valence-corrected chi connectivity index (χ4v) is 1.90. The lowest BCUT2D eigenvalue weighted by Gasteiger charge is -2.06. The van der Waals surface area contributed by atoms with Crippen molar-refractivity contribution in [2.45, 2.75) is 32.7 Å². The van der Waals surface area contributed by atoms with Gasteiger partial charge in [-0.25, -0.2) is 4.68 Å². The Hall–Kier alpha value is -1.95. The highest BCUT2D eigenvalue weighted by Crippen LogP contribution is 2.18. The summed E-state index contributed by atoms with van der Waals surface area (Å²) in [5.41, 5.74) is 7.43. The highest BCUT2D eigenvalue weighted by atomic mass is 16.5. The zero-order valence-corrected chi connectivity index (χ0v) is 11.8. The van der Waals surface area contributed by atoms with Crippen LogP contribution in [0.4, 0.5) is 5.69 Å². The molecule has 0 aliphatic carbocycles. The van der Waals surface area contributed by atoms with Gasteiger partial charge >= 0.3 is 0 Å². The van der Waals surface area contributed by atoms with Crippen LogP contribution in [0.5, 0.6) is 0 Å². The Kier molecular flexibility index (Phi) is 5.49. The second kappa shape index (κ2) is 7.59. The van der Waals surface area contributed by atoms with Crippen molar-refractivity contribution in [2.75, 3.05) is 18.9 Å². The Labute approximate surface area is 118 Å². The minimum Gasteiger partial charge on any atom is -0.399 e. The number of hydrogen-bond donors (Lipinski definition) is 1. The van der Waals surface area contributed by atoms with E-state index in [9.17, 15) is 0 Å². The lowest BCUT2D eigenvalue weighted by molar-refractivity contribution is 0.125. The van der Waals surface area contributed by atoms with Crippen LogP contribution < -0.4 is 5.73 Å². The molecule has 2 N–H and O–H groups in total. The number of rotatable bonds is 8. The predicted octanol–water partition coefficient (Wildman–Crippen LogP) is 2.13. The molecule has 0 saturated carbocycles. The van der Waals surface area contributed by atoms with Gasteiger partial charge in [0.2, 0.25) is 0 Å². The Balaban J connectivity index is 1.89. The van der Waals surface area contributed by atoms with Gasteiger partial charge in [-0.05, 0) is 35.4 Å². The molecule has 1 aromatic carbocycles. The highest BCUT2D eigenvalue weighted by molar-refractivity contribution is 5.60. The molecule has 0 bridgehead atoms. The van der Waals surface area contributed by atoms with Gasteiger partial charge in [-0.15, -0.1) is 5.10 Å². The zero-order chi connectivity index (χ0) is 14.2. The van der Waals surface area contributed by atoms with E-state index >= 15 is 0 Å². The monoisotopic (exact) mass is 275 g/mol. The van der Waals surface area contributed by atoms with Crippen LogP contribution in [-0.4, -0.2) is 33.4 Å². The summed E-state index contributed by atoms with van der Waals surface area (Å²) >= 11 is 0. The van der Waals surface area contributed by atoms with Crippen LogP contribution >= 0.6 is 0 Å². The van der Waals surface area contributed by atoms with Crippen LogP contribution in [0.2, 0.25) is 0 Å². The fourth-order valence-electron chi connectivity index (χ4n) is 1.90. The van der Waals surface area contributed by atoms with E-state index in [1.165, 1.54) is 0 Å². The number of aromatic nitrogens is 4. The van der Waals surface area contributed by atoms with Gasteiger partial charge in [0, 0.05) is 31.0 Å². The summed E-state index contributed by atoms with van der Waals surface area (Å²) in [4.78, 5) is 0. The molecule has 108 valence electrons. The zero-order valence-electron chi connectivity index (χ0n) is 11.8. The first-order valence-electron chi connectivity index (χ1n) is 7.01. The van der Waals surface area contributed by atoms with Gasteiger partial charge in [0.1, 0.15) is 0 Å². The number of nitrogen functional groups attached to an aromatic ring is 1. The van der Waals surface area contributed by atoms with Crippen LogP contribution in [0.25, 0.3) is 11.4 Å². The third-order valence-electron chi connectivity index (χ3n) is 2.98. The lowest BCUT2D eigenvalue weighted by atomic mass is 10.2. The van der Waals surface area contributed by atoms with Crippen molar-refractivity contribution >= 4 is 5.69 Å². The number of nitrogens with zero attached hydrogens (tertiary/aromatic N) is 4. The molecular formula is C14H21N5O. The normalized spacial score (nSPS) is 10.8. The van der Waals surface area contributed by atoms with Gasteiger partial charge in [-0.1, -0.05) is 25.5 Å². The molecule has 1 heterocycles.